The average molecular weight is 251 g/mol. The Balaban J connectivity index is 1.85. The van der Waals surface area contributed by atoms with Gasteiger partial charge in [0.05, 0.1) is 12.2 Å². The summed E-state index contributed by atoms with van der Waals surface area (Å²) in [5, 5.41) is 12.7. The molecule has 0 aromatic carbocycles. The molecule has 0 amide bonds. The summed E-state index contributed by atoms with van der Waals surface area (Å²) in [5.41, 5.74) is 0. The molecule has 0 radical (unpaired) electrons. The van der Waals surface area contributed by atoms with Crippen molar-refractivity contribution in [1.29, 1.82) is 0 Å². The van der Waals surface area contributed by atoms with Crippen molar-refractivity contribution in [2.24, 2.45) is 5.92 Å². The second-order valence-electron chi connectivity index (χ2n) is 5.10. The lowest BCUT2D eigenvalue weighted by molar-refractivity contribution is 0.178. The highest BCUT2D eigenvalue weighted by atomic mass is 16.5. The van der Waals surface area contributed by atoms with Gasteiger partial charge in [-0.15, -0.1) is 0 Å². The van der Waals surface area contributed by atoms with Crippen LogP contribution in [0.15, 0.2) is 12.3 Å². The summed E-state index contributed by atoms with van der Waals surface area (Å²) < 4.78 is 5.51. The first-order valence-electron chi connectivity index (χ1n) is 6.55. The normalized spacial score (nSPS) is 23.3. The number of anilines is 1. The predicted molar refractivity (Wildman–Crippen MR) is 69.6 cm³/mol. The molecule has 1 saturated carbocycles. The molecule has 2 rings (SSSR count). The molecular weight excluding hydrogens is 230 g/mol. The van der Waals surface area contributed by atoms with E-state index in [1.165, 1.54) is 0 Å². The van der Waals surface area contributed by atoms with E-state index in [9.17, 15) is 5.11 Å². The van der Waals surface area contributed by atoms with Gasteiger partial charge in [0.15, 0.2) is 0 Å². The van der Waals surface area contributed by atoms with Crippen LogP contribution in [0.1, 0.15) is 33.1 Å². The van der Waals surface area contributed by atoms with Gasteiger partial charge < -0.3 is 15.2 Å². The quantitative estimate of drug-likeness (QED) is 0.835. The molecule has 0 saturated heterocycles. The molecule has 100 valence electrons. The highest BCUT2D eigenvalue weighted by molar-refractivity contribution is 5.27. The van der Waals surface area contributed by atoms with Gasteiger partial charge in [-0.05, 0) is 39.0 Å². The standard InChI is InChI=1S/C13H21N3O2/c1-9(2)18-12-5-6-14-13(16-12)15-8-10-3-4-11(17)7-10/h5-6,9-11,17H,3-4,7-8H2,1-2H3,(H,14,15,16). The summed E-state index contributed by atoms with van der Waals surface area (Å²) >= 11 is 0. The Hall–Kier alpha value is -1.36. The molecule has 1 aromatic heterocycles. The molecule has 0 aliphatic heterocycles. The van der Waals surface area contributed by atoms with Gasteiger partial charge in [0.25, 0.3) is 0 Å². The fourth-order valence-corrected chi connectivity index (χ4v) is 2.20. The minimum absolute atomic E-state index is 0.109. The van der Waals surface area contributed by atoms with Crippen LogP contribution in [0, 0.1) is 5.92 Å². The van der Waals surface area contributed by atoms with Crippen molar-refractivity contribution >= 4 is 5.95 Å². The lowest BCUT2D eigenvalue weighted by atomic mass is 10.1. The molecule has 18 heavy (non-hydrogen) atoms. The second kappa shape index (κ2) is 6.00. The molecule has 1 aromatic rings. The van der Waals surface area contributed by atoms with Crippen molar-refractivity contribution in [2.75, 3.05) is 11.9 Å². The zero-order valence-electron chi connectivity index (χ0n) is 11.0. The number of aromatic nitrogens is 2. The number of aliphatic hydroxyl groups excluding tert-OH is 1. The van der Waals surface area contributed by atoms with Crippen LogP contribution in [0.2, 0.25) is 0 Å². The zero-order chi connectivity index (χ0) is 13.0. The van der Waals surface area contributed by atoms with E-state index in [0.717, 1.165) is 25.8 Å². The van der Waals surface area contributed by atoms with Crippen molar-refractivity contribution < 1.29 is 9.84 Å². The van der Waals surface area contributed by atoms with Crippen LogP contribution in [-0.4, -0.2) is 33.8 Å². The second-order valence-corrected chi connectivity index (χ2v) is 5.10. The third-order valence-electron chi connectivity index (χ3n) is 3.05. The summed E-state index contributed by atoms with van der Waals surface area (Å²) in [6, 6.07) is 1.75. The van der Waals surface area contributed by atoms with Gasteiger partial charge in [-0.3, -0.25) is 0 Å². The van der Waals surface area contributed by atoms with Crippen molar-refractivity contribution in [2.45, 2.75) is 45.3 Å². The Labute approximate surface area is 108 Å². The SMILES string of the molecule is CC(C)Oc1ccnc(NCC2CCC(O)C2)n1. The minimum Gasteiger partial charge on any atom is -0.475 e. The topological polar surface area (TPSA) is 67.3 Å². The molecule has 1 heterocycles. The maximum absolute atomic E-state index is 9.46. The van der Waals surface area contributed by atoms with E-state index < -0.39 is 0 Å². The number of rotatable bonds is 5. The van der Waals surface area contributed by atoms with Crippen LogP contribution in [0.25, 0.3) is 0 Å². The number of hydrogen-bond donors (Lipinski definition) is 2. The number of aliphatic hydroxyl groups is 1. The van der Waals surface area contributed by atoms with E-state index in [4.69, 9.17) is 4.74 Å². The fraction of sp³-hybridized carbons (Fsp3) is 0.692. The highest BCUT2D eigenvalue weighted by Crippen LogP contribution is 2.25. The molecule has 5 heteroatoms. The van der Waals surface area contributed by atoms with Crippen molar-refractivity contribution in [3.05, 3.63) is 12.3 Å². The van der Waals surface area contributed by atoms with E-state index in [1.807, 2.05) is 13.8 Å². The summed E-state index contributed by atoms with van der Waals surface area (Å²) in [6.07, 6.45) is 4.51. The largest absolute Gasteiger partial charge is 0.475 e. The van der Waals surface area contributed by atoms with Gasteiger partial charge in [-0.2, -0.15) is 4.98 Å². The molecule has 2 atom stereocenters. The average Bonchev–Trinajstić information content (AvgIpc) is 2.72. The Kier molecular flexibility index (Phi) is 4.36. The lowest BCUT2D eigenvalue weighted by Gasteiger charge is -2.12. The molecule has 5 nitrogen and oxygen atoms in total. The number of nitrogens with one attached hydrogen (secondary N) is 1. The molecular formula is C13H21N3O2. The first-order valence-corrected chi connectivity index (χ1v) is 6.55. The monoisotopic (exact) mass is 251 g/mol. The summed E-state index contributed by atoms with van der Waals surface area (Å²) in [4.78, 5) is 8.45. The van der Waals surface area contributed by atoms with E-state index >= 15 is 0 Å². The molecule has 2 N–H and O–H groups in total. The zero-order valence-corrected chi connectivity index (χ0v) is 11.0. The molecule has 0 spiro atoms. The van der Waals surface area contributed by atoms with Gasteiger partial charge in [0, 0.05) is 18.8 Å². The van der Waals surface area contributed by atoms with Gasteiger partial charge >= 0.3 is 0 Å². The molecule has 1 aliphatic carbocycles. The first kappa shape index (κ1) is 13.1. The number of ether oxygens (including phenoxy) is 1. The van der Waals surface area contributed by atoms with Crippen LogP contribution in [0.3, 0.4) is 0 Å². The Bertz CT molecular complexity index is 384. The van der Waals surface area contributed by atoms with Crippen LogP contribution in [-0.2, 0) is 0 Å². The van der Waals surface area contributed by atoms with E-state index in [2.05, 4.69) is 15.3 Å². The maximum Gasteiger partial charge on any atom is 0.225 e. The predicted octanol–water partition coefficient (Wildman–Crippen LogP) is 1.84. The first-order chi connectivity index (χ1) is 8.63. The van der Waals surface area contributed by atoms with Crippen LogP contribution in [0.5, 0.6) is 5.88 Å². The van der Waals surface area contributed by atoms with Gasteiger partial charge in [-0.25, -0.2) is 4.98 Å². The lowest BCUT2D eigenvalue weighted by Crippen LogP contribution is -2.15. The summed E-state index contributed by atoms with van der Waals surface area (Å²) in [6.45, 7) is 4.74. The van der Waals surface area contributed by atoms with Crippen LogP contribution >= 0.6 is 0 Å². The maximum atomic E-state index is 9.46. The smallest absolute Gasteiger partial charge is 0.225 e. The van der Waals surface area contributed by atoms with E-state index in [-0.39, 0.29) is 12.2 Å². The Morgan fingerprint density at radius 1 is 1.50 bits per heavy atom. The van der Waals surface area contributed by atoms with Gasteiger partial charge in [0.1, 0.15) is 0 Å². The third-order valence-corrected chi connectivity index (χ3v) is 3.05. The Morgan fingerprint density at radius 3 is 3.00 bits per heavy atom. The van der Waals surface area contributed by atoms with Gasteiger partial charge in [0.2, 0.25) is 11.8 Å². The Morgan fingerprint density at radius 2 is 2.33 bits per heavy atom. The summed E-state index contributed by atoms with van der Waals surface area (Å²) in [7, 11) is 0. The summed E-state index contributed by atoms with van der Waals surface area (Å²) in [5.74, 6) is 1.70. The third kappa shape index (κ3) is 3.84. The number of hydrogen-bond acceptors (Lipinski definition) is 5. The van der Waals surface area contributed by atoms with Gasteiger partial charge in [-0.1, -0.05) is 0 Å². The van der Waals surface area contributed by atoms with E-state index in [1.54, 1.807) is 12.3 Å². The molecule has 2 unspecified atom stereocenters. The highest BCUT2D eigenvalue weighted by Gasteiger charge is 2.22. The van der Waals surface area contributed by atoms with Crippen molar-refractivity contribution in [3.63, 3.8) is 0 Å². The van der Waals surface area contributed by atoms with Crippen molar-refractivity contribution in [1.82, 2.24) is 9.97 Å². The van der Waals surface area contributed by atoms with Crippen LogP contribution < -0.4 is 10.1 Å². The molecule has 1 fully saturated rings. The number of nitrogens with zero attached hydrogens (tertiary/aromatic N) is 2. The van der Waals surface area contributed by atoms with Crippen molar-refractivity contribution in [3.8, 4) is 5.88 Å². The fourth-order valence-electron chi connectivity index (χ4n) is 2.20. The molecule has 0 bridgehead atoms. The van der Waals surface area contributed by atoms with E-state index in [0.29, 0.717) is 17.7 Å². The molecule has 1 aliphatic rings. The van der Waals surface area contributed by atoms with Crippen LogP contribution in [0.4, 0.5) is 5.95 Å². The minimum atomic E-state index is -0.131.